The number of nitrogens with zero attached hydrogens (tertiary/aromatic N) is 5. The van der Waals surface area contributed by atoms with Gasteiger partial charge in [-0.05, 0) is 39.3 Å². The van der Waals surface area contributed by atoms with Gasteiger partial charge in [-0.25, -0.2) is 4.98 Å². The predicted octanol–water partition coefficient (Wildman–Crippen LogP) is 3.50. The maximum Gasteiger partial charge on any atom is 0.151 e. The van der Waals surface area contributed by atoms with E-state index in [1.165, 1.54) is 0 Å². The van der Waals surface area contributed by atoms with Gasteiger partial charge in [0.1, 0.15) is 0 Å². The maximum absolute atomic E-state index is 8.91. The van der Waals surface area contributed by atoms with Crippen molar-refractivity contribution in [3.05, 3.63) is 53.1 Å². The second-order valence-electron chi connectivity index (χ2n) is 8.50. The Kier molecular flexibility index (Phi) is 5.97. The quantitative estimate of drug-likeness (QED) is 0.471. The fourth-order valence-electron chi connectivity index (χ4n) is 4.05. The van der Waals surface area contributed by atoms with E-state index >= 15 is 0 Å². The fourth-order valence-corrected chi connectivity index (χ4v) is 4.05. The lowest BCUT2D eigenvalue weighted by atomic mass is 10.0. The molecule has 1 aliphatic rings. The highest BCUT2D eigenvalue weighted by atomic mass is 16.5. The van der Waals surface area contributed by atoms with Crippen molar-refractivity contribution < 1.29 is 4.74 Å². The molecule has 168 valence electrons. The Morgan fingerprint density at radius 3 is 2.72 bits per heavy atom. The first kappa shape index (κ1) is 22.0. The molecule has 0 aliphatic carbocycles. The first-order chi connectivity index (χ1) is 15.3. The van der Waals surface area contributed by atoms with Gasteiger partial charge in [-0.2, -0.15) is 5.10 Å². The topological polar surface area (TPSA) is 106 Å². The molecular weight excluding hydrogens is 402 g/mol. The number of hydrogen-bond donors (Lipinski definition) is 2. The van der Waals surface area contributed by atoms with E-state index in [1.807, 2.05) is 45.2 Å². The number of anilines is 2. The SMILES string of the molecule is CC[C@@H]1CN(c2cc(C(=N)c3cc(-c4cnc(C)c(C)n4)ccc3N)n(C)n2)CC(C)O1. The molecule has 1 aliphatic heterocycles. The van der Waals surface area contributed by atoms with E-state index in [-0.39, 0.29) is 12.2 Å². The molecule has 2 atom stereocenters. The van der Waals surface area contributed by atoms with Crippen LogP contribution in [-0.4, -0.2) is 50.8 Å². The number of nitrogens with two attached hydrogens (primary N) is 1. The lowest BCUT2D eigenvalue weighted by molar-refractivity contribution is -0.0174. The molecule has 3 aromatic rings. The van der Waals surface area contributed by atoms with Crippen LogP contribution in [0, 0.1) is 19.3 Å². The Labute approximate surface area is 188 Å². The van der Waals surface area contributed by atoms with Crippen molar-refractivity contribution in [2.75, 3.05) is 23.7 Å². The van der Waals surface area contributed by atoms with E-state index in [4.69, 9.17) is 21.0 Å². The molecule has 0 spiro atoms. The molecule has 0 amide bonds. The van der Waals surface area contributed by atoms with Gasteiger partial charge < -0.3 is 15.4 Å². The maximum atomic E-state index is 8.91. The summed E-state index contributed by atoms with van der Waals surface area (Å²) in [6.07, 6.45) is 3.05. The van der Waals surface area contributed by atoms with Gasteiger partial charge >= 0.3 is 0 Å². The molecule has 0 bridgehead atoms. The molecule has 0 saturated carbocycles. The number of aromatic nitrogens is 4. The summed E-state index contributed by atoms with van der Waals surface area (Å²) in [5.41, 5.74) is 12.0. The summed E-state index contributed by atoms with van der Waals surface area (Å²) in [7, 11) is 1.86. The van der Waals surface area contributed by atoms with Crippen LogP contribution < -0.4 is 10.6 Å². The second kappa shape index (κ2) is 8.70. The normalized spacial score (nSPS) is 18.7. The summed E-state index contributed by atoms with van der Waals surface area (Å²) in [5.74, 6) is 0.857. The van der Waals surface area contributed by atoms with Crippen LogP contribution in [0.5, 0.6) is 0 Å². The Bertz CT molecular complexity index is 1150. The minimum absolute atomic E-state index is 0.144. The van der Waals surface area contributed by atoms with Crippen molar-refractivity contribution in [1.29, 1.82) is 5.41 Å². The van der Waals surface area contributed by atoms with Gasteiger partial charge in [0.25, 0.3) is 0 Å². The third-order valence-electron chi connectivity index (χ3n) is 6.04. The van der Waals surface area contributed by atoms with Crippen LogP contribution >= 0.6 is 0 Å². The molecule has 1 aromatic carbocycles. The van der Waals surface area contributed by atoms with E-state index in [0.29, 0.717) is 22.7 Å². The van der Waals surface area contributed by atoms with Crippen molar-refractivity contribution in [2.45, 2.75) is 46.3 Å². The van der Waals surface area contributed by atoms with Crippen LogP contribution in [-0.2, 0) is 11.8 Å². The summed E-state index contributed by atoms with van der Waals surface area (Å²) in [6.45, 7) is 9.68. The second-order valence-corrected chi connectivity index (χ2v) is 8.50. The molecule has 4 rings (SSSR count). The van der Waals surface area contributed by atoms with Gasteiger partial charge in [-0.15, -0.1) is 0 Å². The third kappa shape index (κ3) is 4.23. The minimum atomic E-state index is 0.144. The van der Waals surface area contributed by atoms with Gasteiger partial charge in [-0.3, -0.25) is 15.1 Å². The summed E-state index contributed by atoms with van der Waals surface area (Å²) in [5, 5.41) is 13.6. The van der Waals surface area contributed by atoms with Crippen molar-refractivity contribution in [2.24, 2.45) is 7.05 Å². The standard InChI is InChI=1S/C24H31N7O/c1-6-18-13-31(12-14(2)32-18)23-10-22(30(5)29-23)24(26)19-9-17(7-8-20(19)25)21-11-27-15(3)16(4)28-21/h7-11,14,18,26H,6,12-13,25H2,1-5H3/t14?,18-/m1/s1. The van der Waals surface area contributed by atoms with E-state index in [0.717, 1.165) is 48.0 Å². The van der Waals surface area contributed by atoms with Gasteiger partial charge in [-0.1, -0.05) is 13.0 Å². The number of nitrogen functional groups attached to an aromatic ring is 1. The monoisotopic (exact) mass is 433 g/mol. The molecule has 1 unspecified atom stereocenters. The average Bonchev–Trinajstić information content (AvgIpc) is 3.17. The molecule has 32 heavy (non-hydrogen) atoms. The molecule has 0 radical (unpaired) electrons. The van der Waals surface area contributed by atoms with Crippen LogP contribution in [0.1, 0.15) is 42.9 Å². The largest absolute Gasteiger partial charge is 0.398 e. The van der Waals surface area contributed by atoms with Crippen LogP contribution in [0.4, 0.5) is 11.5 Å². The highest BCUT2D eigenvalue weighted by Crippen LogP contribution is 2.27. The van der Waals surface area contributed by atoms with E-state index in [1.54, 1.807) is 10.9 Å². The average molecular weight is 434 g/mol. The minimum Gasteiger partial charge on any atom is -0.398 e. The van der Waals surface area contributed by atoms with E-state index in [9.17, 15) is 0 Å². The lowest BCUT2D eigenvalue weighted by Crippen LogP contribution is -2.46. The number of rotatable bonds is 5. The summed E-state index contributed by atoms with van der Waals surface area (Å²) >= 11 is 0. The number of aryl methyl sites for hydroxylation is 3. The van der Waals surface area contributed by atoms with Crippen molar-refractivity contribution in [3.63, 3.8) is 0 Å². The van der Waals surface area contributed by atoms with Crippen LogP contribution in [0.2, 0.25) is 0 Å². The van der Waals surface area contributed by atoms with Crippen molar-refractivity contribution in [1.82, 2.24) is 19.7 Å². The molecule has 8 heteroatoms. The number of benzene rings is 1. The molecular formula is C24H31N7O. The number of hydrogen-bond acceptors (Lipinski definition) is 7. The summed E-state index contributed by atoms with van der Waals surface area (Å²) in [4.78, 5) is 11.3. The number of nitrogens with one attached hydrogen (secondary N) is 1. The Hall–Kier alpha value is -3.26. The number of morpholine rings is 1. The van der Waals surface area contributed by atoms with E-state index < -0.39 is 0 Å². The molecule has 3 heterocycles. The first-order valence-electron chi connectivity index (χ1n) is 11.0. The van der Waals surface area contributed by atoms with Gasteiger partial charge in [0.2, 0.25) is 0 Å². The van der Waals surface area contributed by atoms with Crippen LogP contribution in [0.15, 0.2) is 30.5 Å². The van der Waals surface area contributed by atoms with Crippen LogP contribution in [0.3, 0.4) is 0 Å². The zero-order valence-corrected chi connectivity index (χ0v) is 19.4. The van der Waals surface area contributed by atoms with Gasteiger partial charge in [0.15, 0.2) is 5.82 Å². The number of ether oxygens (including phenoxy) is 1. The fraction of sp³-hybridized carbons (Fsp3) is 0.417. The van der Waals surface area contributed by atoms with E-state index in [2.05, 4.69) is 28.7 Å². The Morgan fingerprint density at radius 1 is 1.22 bits per heavy atom. The van der Waals surface area contributed by atoms with Gasteiger partial charge in [0.05, 0.1) is 46.9 Å². The molecule has 1 saturated heterocycles. The molecule has 1 fully saturated rings. The highest BCUT2D eigenvalue weighted by Gasteiger charge is 2.27. The zero-order chi connectivity index (χ0) is 23.0. The molecule has 2 aromatic heterocycles. The lowest BCUT2D eigenvalue weighted by Gasteiger charge is -2.36. The smallest absolute Gasteiger partial charge is 0.151 e. The third-order valence-corrected chi connectivity index (χ3v) is 6.04. The van der Waals surface area contributed by atoms with Gasteiger partial charge in [0, 0.05) is 43.0 Å². The highest BCUT2D eigenvalue weighted by molar-refractivity contribution is 6.13. The first-order valence-corrected chi connectivity index (χ1v) is 11.0. The summed E-state index contributed by atoms with van der Waals surface area (Å²) in [6, 6.07) is 7.62. The van der Waals surface area contributed by atoms with Crippen molar-refractivity contribution in [3.8, 4) is 11.3 Å². The predicted molar refractivity (Wildman–Crippen MR) is 127 cm³/mol. The molecule has 8 nitrogen and oxygen atoms in total. The Morgan fingerprint density at radius 2 is 2.00 bits per heavy atom. The zero-order valence-electron chi connectivity index (χ0n) is 19.4. The summed E-state index contributed by atoms with van der Waals surface area (Å²) < 4.78 is 7.73. The Balaban J connectivity index is 1.65. The molecule has 3 N–H and O–H groups in total. The van der Waals surface area contributed by atoms with Crippen LogP contribution in [0.25, 0.3) is 11.3 Å². The van der Waals surface area contributed by atoms with Crippen molar-refractivity contribution >= 4 is 17.2 Å².